The molecule has 25 heavy (non-hydrogen) atoms. The topological polar surface area (TPSA) is 44.4 Å². The van der Waals surface area contributed by atoms with Gasteiger partial charge in [-0.25, -0.2) is 16.0 Å². The lowest BCUT2D eigenvalue weighted by Crippen LogP contribution is -2.54. The fourth-order valence-corrected chi connectivity index (χ4v) is 3.04. The Morgan fingerprint density at radius 3 is 1.72 bits per heavy atom. The summed E-state index contributed by atoms with van der Waals surface area (Å²) < 4.78 is 0. The smallest absolute Gasteiger partial charge is 0.254 e. The minimum absolute atomic E-state index is 0.152. The van der Waals surface area contributed by atoms with E-state index in [0.717, 1.165) is 58.0 Å². The monoisotopic (exact) mass is 355 g/mol. The van der Waals surface area contributed by atoms with Crippen LogP contribution in [0.4, 0.5) is 0 Å². The minimum Gasteiger partial charge on any atom is -0.272 e. The lowest BCUT2D eigenvalue weighted by molar-refractivity contribution is -0.143. The summed E-state index contributed by atoms with van der Waals surface area (Å²) in [6, 6.07) is 0. The molecule has 1 atom stereocenters. The number of nitrogens with one attached hydrogen (secondary N) is 2. The van der Waals surface area contributed by atoms with E-state index in [9.17, 15) is 4.79 Å². The van der Waals surface area contributed by atoms with Crippen LogP contribution in [-0.4, -0.2) is 24.1 Å². The molecule has 1 amide bonds. The number of amides is 1. The van der Waals surface area contributed by atoms with Gasteiger partial charge in [0.05, 0.1) is 0 Å². The molecule has 0 aliphatic carbocycles. The van der Waals surface area contributed by atoms with Crippen LogP contribution in [0.5, 0.6) is 0 Å². The van der Waals surface area contributed by atoms with Crippen LogP contribution >= 0.6 is 0 Å². The molecule has 0 aliphatic rings. The number of carbonyl (C=O) groups excluding carboxylic acids is 1. The summed E-state index contributed by atoms with van der Waals surface area (Å²) >= 11 is 0. The maximum absolute atomic E-state index is 13.0. The molecule has 0 heterocycles. The van der Waals surface area contributed by atoms with Crippen LogP contribution in [0.25, 0.3) is 0 Å². The summed E-state index contributed by atoms with van der Waals surface area (Å²) in [5.74, 6) is 0.391. The average molecular weight is 356 g/mol. The summed E-state index contributed by atoms with van der Waals surface area (Å²) in [7, 11) is 0. The Morgan fingerprint density at radius 2 is 1.20 bits per heavy atom. The summed E-state index contributed by atoms with van der Waals surface area (Å²) in [6.07, 6.45) is 15.3. The molecule has 0 saturated carbocycles. The van der Waals surface area contributed by atoms with Crippen molar-refractivity contribution >= 4 is 5.91 Å². The van der Waals surface area contributed by atoms with E-state index in [-0.39, 0.29) is 11.8 Å². The van der Waals surface area contributed by atoms with Crippen molar-refractivity contribution in [2.45, 2.75) is 111 Å². The molecular weight excluding hydrogens is 310 g/mol. The van der Waals surface area contributed by atoms with E-state index in [1.54, 1.807) is 5.12 Å². The first-order chi connectivity index (χ1) is 12.2. The van der Waals surface area contributed by atoms with Crippen LogP contribution in [0.1, 0.15) is 111 Å². The van der Waals surface area contributed by atoms with Gasteiger partial charge in [0.15, 0.2) is 0 Å². The molecule has 0 fully saturated rings. The summed E-state index contributed by atoms with van der Waals surface area (Å²) in [4.78, 5) is 13.0. The fourth-order valence-electron chi connectivity index (χ4n) is 3.04. The maximum Gasteiger partial charge on any atom is 0.254 e. The van der Waals surface area contributed by atoms with Crippen molar-refractivity contribution in [3.8, 4) is 0 Å². The third-order valence-corrected chi connectivity index (χ3v) is 4.71. The zero-order valence-corrected chi connectivity index (χ0v) is 17.5. The second-order valence-electron chi connectivity index (χ2n) is 7.24. The predicted octanol–water partition coefficient (Wildman–Crippen LogP) is 5.59. The molecule has 0 aromatic heterocycles. The molecule has 1 unspecified atom stereocenters. The van der Waals surface area contributed by atoms with E-state index in [2.05, 4.69) is 38.5 Å². The molecule has 0 aliphatic heterocycles. The van der Waals surface area contributed by atoms with Crippen molar-refractivity contribution in [3.63, 3.8) is 0 Å². The highest BCUT2D eigenvalue weighted by atomic mass is 16.2. The maximum atomic E-state index is 13.0. The zero-order chi connectivity index (χ0) is 18.8. The molecule has 0 aromatic carbocycles. The standard InChI is InChI=1S/C21H45N3O/c1-5-9-12-13-14-15-17-20(16-8-4)21(25)24(22-18-10-6-2)23-19-11-7-3/h20,22-23H,5-19H2,1-4H3. The first-order valence-electron chi connectivity index (χ1n) is 11.0. The molecule has 4 nitrogen and oxygen atoms in total. The lowest BCUT2D eigenvalue weighted by atomic mass is 9.95. The van der Waals surface area contributed by atoms with Gasteiger partial charge in [-0.05, 0) is 25.7 Å². The van der Waals surface area contributed by atoms with Crippen LogP contribution in [0.2, 0.25) is 0 Å². The van der Waals surface area contributed by atoms with Gasteiger partial charge in [-0.1, -0.05) is 85.5 Å². The van der Waals surface area contributed by atoms with Gasteiger partial charge in [-0.3, -0.25) is 4.79 Å². The highest BCUT2D eigenvalue weighted by molar-refractivity contribution is 5.77. The van der Waals surface area contributed by atoms with Gasteiger partial charge in [0.2, 0.25) is 0 Å². The van der Waals surface area contributed by atoms with Crippen molar-refractivity contribution < 1.29 is 4.79 Å². The Hall–Kier alpha value is -0.610. The molecule has 0 rings (SSSR count). The van der Waals surface area contributed by atoms with Crippen LogP contribution in [0.15, 0.2) is 0 Å². The Bertz CT molecular complexity index is 287. The van der Waals surface area contributed by atoms with E-state index in [1.165, 1.54) is 38.5 Å². The van der Waals surface area contributed by atoms with E-state index >= 15 is 0 Å². The number of carbonyl (C=O) groups is 1. The highest BCUT2D eigenvalue weighted by Crippen LogP contribution is 2.18. The first-order valence-corrected chi connectivity index (χ1v) is 11.0. The minimum atomic E-state index is 0.152. The number of hydrogen-bond acceptors (Lipinski definition) is 3. The van der Waals surface area contributed by atoms with Crippen LogP contribution in [0.3, 0.4) is 0 Å². The van der Waals surface area contributed by atoms with Gasteiger partial charge in [0.1, 0.15) is 0 Å². The fraction of sp³-hybridized carbons (Fsp3) is 0.952. The highest BCUT2D eigenvalue weighted by Gasteiger charge is 2.23. The Balaban J connectivity index is 4.43. The summed E-state index contributed by atoms with van der Waals surface area (Å²) in [5.41, 5.74) is 6.62. The first kappa shape index (κ1) is 24.4. The van der Waals surface area contributed by atoms with Crippen molar-refractivity contribution in [1.82, 2.24) is 16.0 Å². The summed E-state index contributed by atoms with van der Waals surface area (Å²) in [5, 5.41) is 1.71. The van der Waals surface area contributed by atoms with Gasteiger partial charge in [-0.2, -0.15) is 0 Å². The number of nitrogens with zero attached hydrogens (tertiary/aromatic N) is 1. The lowest BCUT2D eigenvalue weighted by Gasteiger charge is -2.28. The van der Waals surface area contributed by atoms with Crippen LogP contribution < -0.4 is 10.9 Å². The van der Waals surface area contributed by atoms with Gasteiger partial charge in [0, 0.05) is 19.0 Å². The number of unbranched alkanes of at least 4 members (excludes halogenated alkanes) is 7. The largest absolute Gasteiger partial charge is 0.272 e. The second kappa shape index (κ2) is 18.2. The third kappa shape index (κ3) is 13.3. The SMILES string of the molecule is CCCCCCCCC(CCC)C(=O)N(NCCCC)NCCCC. The molecule has 0 aromatic rings. The van der Waals surface area contributed by atoms with Crippen molar-refractivity contribution in [2.75, 3.05) is 13.1 Å². The number of hydrazine groups is 2. The molecule has 0 bridgehead atoms. The molecule has 0 saturated heterocycles. The molecule has 4 heteroatoms. The van der Waals surface area contributed by atoms with E-state index in [1.807, 2.05) is 0 Å². The van der Waals surface area contributed by atoms with E-state index in [4.69, 9.17) is 0 Å². The van der Waals surface area contributed by atoms with Gasteiger partial charge < -0.3 is 0 Å². The Labute approximate surface area is 157 Å². The van der Waals surface area contributed by atoms with Gasteiger partial charge in [-0.15, -0.1) is 0 Å². The quantitative estimate of drug-likeness (QED) is 0.249. The van der Waals surface area contributed by atoms with Crippen LogP contribution in [0, 0.1) is 5.92 Å². The zero-order valence-electron chi connectivity index (χ0n) is 17.5. The van der Waals surface area contributed by atoms with Gasteiger partial charge >= 0.3 is 0 Å². The van der Waals surface area contributed by atoms with Crippen molar-refractivity contribution in [3.05, 3.63) is 0 Å². The number of rotatable bonds is 18. The predicted molar refractivity (Wildman–Crippen MR) is 109 cm³/mol. The summed E-state index contributed by atoms with van der Waals surface area (Å²) in [6.45, 7) is 10.5. The molecule has 150 valence electrons. The molecular formula is C21H45N3O. The van der Waals surface area contributed by atoms with Crippen LogP contribution in [-0.2, 0) is 4.79 Å². The van der Waals surface area contributed by atoms with Crippen molar-refractivity contribution in [2.24, 2.45) is 5.92 Å². The van der Waals surface area contributed by atoms with Gasteiger partial charge in [0.25, 0.3) is 5.91 Å². The number of hydrogen-bond donors (Lipinski definition) is 2. The van der Waals surface area contributed by atoms with E-state index < -0.39 is 0 Å². The molecule has 0 spiro atoms. The Kier molecular flexibility index (Phi) is 17.7. The van der Waals surface area contributed by atoms with Crippen molar-refractivity contribution in [1.29, 1.82) is 0 Å². The molecule has 0 radical (unpaired) electrons. The average Bonchev–Trinajstić information content (AvgIpc) is 2.62. The Morgan fingerprint density at radius 1 is 0.680 bits per heavy atom. The van der Waals surface area contributed by atoms with E-state index in [0.29, 0.717) is 0 Å². The second-order valence-corrected chi connectivity index (χ2v) is 7.24. The third-order valence-electron chi connectivity index (χ3n) is 4.71. The normalized spacial score (nSPS) is 12.3. The molecule has 2 N–H and O–H groups in total.